The molecule has 3 heterocycles. The second-order valence-corrected chi connectivity index (χ2v) is 7.80. The lowest BCUT2D eigenvalue weighted by Gasteiger charge is -2.10. The van der Waals surface area contributed by atoms with Crippen molar-refractivity contribution in [3.8, 4) is 22.4 Å². The molecule has 0 radical (unpaired) electrons. The third kappa shape index (κ3) is 2.99. The summed E-state index contributed by atoms with van der Waals surface area (Å²) in [7, 11) is 0. The van der Waals surface area contributed by atoms with Gasteiger partial charge in [-0.1, -0.05) is 50.2 Å². The Bertz CT molecular complexity index is 1330. The third-order valence-corrected chi connectivity index (χ3v) is 5.55. The van der Waals surface area contributed by atoms with Crippen LogP contribution < -0.4 is 0 Å². The molecule has 0 saturated carbocycles. The number of benzene rings is 2. The molecule has 142 valence electrons. The predicted octanol–water partition coefficient (Wildman–Crippen LogP) is 7.14. The highest BCUT2D eigenvalue weighted by Gasteiger charge is 2.16. The predicted molar refractivity (Wildman–Crippen MR) is 119 cm³/mol. The molecule has 5 rings (SSSR count). The van der Waals surface area contributed by atoms with Crippen LogP contribution >= 0.6 is 0 Å². The average Bonchev–Trinajstić information content (AvgIpc) is 3.12. The Kier molecular flexibility index (Phi) is 4.17. The minimum Gasteiger partial charge on any atom is -0.437 e. The van der Waals surface area contributed by atoms with Gasteiger partial charge in [-0.3, -0.25) is 4.98 Å². The summed E-state index contributed by atoms with van der Waals surface area (Å²) in [5.41, 5.74) is 8.27. The van der Waals surface area contributed by atoms with E-state index in [1.54, 1.807) is 6.20 Å². The number of furan rings is 1. The zero-order chi connectivity index (χ0) is 20.0. The first-order valence-electron chi connectivity index (χ1n) is 9.95. The zero-order valence-electron chi connectivity index (χ0n) is 16.8. The van der Waals surface area contributed by atoms with Gasteiger partial charge in [0.05, 0.1) is 5.69 Å². The molecule has 0 aliphatic heterocycles. The average molecular weight is 378 g/mol. The van der Waals surface area contributed by atoms with Gasteiger partial charge in [-0.05, 0) is 59.4 Å². The number of nitrogens with zero attached hydrogens (tertiary/aromatic N) is 2. The summed E-state index contributed by atoms with van der Waals surface area (Å²) >= 11 is 0. The van der Waals surface area contributed by atoms with Crippen molar-refractivity contribution in [2.45, 2.75) is 26.7 Å². The molecule has 2 aromatic carbocycles. The number of aromatic nitrogens is 2. The lowest BCUT2D eigenvalue weighted by molar-refractivity contribution is 0.654. The largest absolute Gasteiger partial charge is 0.437 e. The molecule has 0 atom stereocenters. The summed E-state index contributed by atoms with van der Waals surface area (Å²) in [5.74, 6) is 0.527. The van der Waals surface area contributed by atoms with Crippen molar-refractivity contribution < 1.29 is 4.42 Å². The summed E-state index contributed by atoms with van der Waals surface area (Å²) < 4.78 is 6.16. The SMILES string of the molecule is Cc1ccc2c(oc3ncccc32)c1-c1cc(-c2ccc(C(C)C)cc2)ccn1. The van der Waals surface area contributed by atoms with E-state index in [1.807, 2.05) is 18.3 Å². The number of hydrogen-bond acceptors (Lipinski definition) is 3. The molecule has 0 bridgehead atoms. The maximum Gasteiger partial charge on any atom is 0.227 e. The first kappa shape index (κ1) is 17.6. The van der Waals surface area contributed by atoms with E-state index in [0.29, 0.717) is 11.6 Å². The van der Waals surface area contributed by atoms with Crippen LogP contribution in [0.1, 0.15) is 30.9 Å². The van der Waals surface area contributed by atoms with Gasteiger partial charge in [0.25, 0.3) is 0 Å². The Morgan fingerprint density at radius 1 is 0.793 bits per heavy atom. The van der Waals surface area contributed by atoms with Gasteiger partial charge in [0.2, 0.25) is 5.71 Å². The van der Waals surface area contributed by atoms with Crippen molar-refractivity contribution in [3.05, 3.63) is 84.2 Å². The highest BCUT2D eigenvalue weighted by atomic mass is 16.3. The first-order valence-corrected chi connectivity index (χ1v) is 9.95. The normalized spacial score (nSPS) is 11.6. The number of hydrogen-bond donors (Lipinski definition) is 0. The van der Waals surface area contributed by atoms with Gasteiger partial charge in [0.15, 0.2) is 0 Å². The highest BCUT2D eigenvalue weighted by Crippen LogP contribution is 2.37. The van der Waals surface area contributed by atoms with Crippen LogP contribution in [0.3, 0.4) is 0 Å². The molecule has 0 fully saturated rings. The Hall–Kier alpha value is -3.46. The van der Waals surface area contributed by atoms with E-state index in [0.717, 1.165) is 38.7 Å². The second-order valence-electron chi connectivity index (χ2n) is 7.80. The fourth-order valence-corrected chi connectivity index (χ4v) is 3.90. The van der Waals surface area contributed by atoms with Crippen LogP contribution in [0.15, 0.2) is 77.5 Å². The molecule has 3 nitrogen and oxygen atoms in total. The van der Waals surface area contributed by atoms with Gasteiger partial charge < -0.3 is 4.42 Å². The van der Waals surface area contributed by atoms with Gasteiger partial charge in [-0.2, -0.15) is 0 Å². The van der Waals surface area contributed by atoms with Crippen LogP contribution in [0.25, 0.3) is 44.5 Å². The first-order chi connectivity index (χ1) is 14.1. The van der Waals surface area contributed by atoms with Gasteiger partial charge in [-0.25, -0.2) is 4.98 Å². The Morgan fingerprint density at radius 3 is 2.41 bits per heavy atom. The molecular formula is C26H22N2O. The summed E-state index contributed by atoms with van der Waals surface area (Å²) in [6, 6.07) is 21.2. The van der Waals surface area contributed by atoms with Gasteiger partial charge in [0, 0.05) is 28.7 Å². The van der Waals surface area contributed by atoms with E-state index in [1.165, 1.54) is 11.1 Å². The van der Waals surface area contributed by atoms with Gasteiger partial charge >= 0.3 is 0 Å². The number of aryl methyl sites for hydroxylation is 1. The lowest BCUT2D eigenvalue weighted by Crippen LogP contribution is -1.90. The molecule has 0 saturated heterocycles. The lowest BCUT2D eigenvalue weighted by atomic mass is 9.97. The number of fused-ring (bicyclic) bond motifs is 3. The third-order valence-electron chi connectivity index (χ3n) is 5.55. The number of pyridine rings is 2. The molecule has 3 aromatic heterocycles. The summed E-state index contributed by atoms with van der Waals surface area (Å²) in [5, 5.41) is 2.10. The zero-order valence-corrected chi connectivity index (χ0v) is 16.8. The second kappa shape index (κ2) is 6.85. The number of rotatable bonds is 3. The molecule has 29 heavy (non-hydrogen) atoms. The minimum absolute atomic E-state index is 0.527. The Morgan fingerprint density at radius 2 is 1.62 bits per heavy atom. The van der Waals surface area contributed by atoms with E-state index in [2.05, 4.69) is 79.3 Å². The van der Waals surface area contributed by atoms with E-state index >= 15 is 0 Å². The summed E-state index contributed by atoms with van der Waals surface area (Å²) in [6.45, 7) is 6.53. The maximum absolute atomic E-state index is 6.16. The van der Waals surface area contributed by atoms with Crippen LogP contribution in [-0.2, 0) is 0 Å². The van der Waals surface area contributed by atoms with E-state index in [4.69, 9.17) is 4.42 Å². The van der Waals surface area contributed by atoms with E-state index in [-0.39, 0.29) is 0 Å². The maximum atomic E-state index is 6.16. The smallest absolute Gasteiger partial charge is 0.227 e. The molecule has 5 aromatic rings. The summed E-state index contributed by atoms with van der Waals surface area (Å²) in [6.07, 6.45) is 3.64. The topological polar surface area (TPSA) is 38.9 Å². The van der Waals surface area contributed by atoms with Crippen molar-refractivity contribution in [2.24, 2.45) is 0 Å². The molecule has 0 aliphatic carbocycles. The van der Waals surface area contributed by atoms with Crippen LogP contribution in [0.4, 0.5) is 0 Å². The van der Waals surface area contributed by atoms with Crippen molar-refractivity contribution >= 4 is 22.1 Å². The highest BCUT2D eigenvalue weighted by molar-refractivity contribution is 6.09. The minimum atomic E-state index is 0.527. The quantitative estimate of drug-likeness (QED) is 0.335. The molecule has 3 heteroatoms. The van der Waals surface area contributed by atoms with Crippen molar-refractivity contribution in [2.75, 3.05) is 0 Å². The molecule has 0 amide bonds. The fourth-order valence-electron chi connectivity index (χ4n) is 3.90. The van der Waals surface area contributed by atoms with E-state index < -0.39 is 0 Å². The molecule has 0 N–H and O–H groups in total. The molecular weight excluding hydrogens is 356 g/mol. The summed E-state index contributed by atoms with van der Waals surface area (Å²) in [4.78, 5) is 9.06. The van der Waals surface area contributed by atoms with Crippen LogP contribution in [0, 0.1) is 6.92 Å². The Labute approximate surface area is 170 Å². The standard InChI is InChI=1S/C26H22N2O/c1-16(2)18-7-9-19(10-8-18)20-12-14-27-23(15-20)24-17(3)6-11-21-22-5-4-13-28-26(22)29-25(21)24/h4-16H,1-3H3. The van der Waals surface area contributed by atoms with Gasteiger partial charge in [-0.15, -0.1) is 0 Å². The molecule has 0 aliphatic rings. The van der Waals surface area contributed by atoms with E-state index in [9.17, 15) is 0 Å². The fraction of sp³-hybridized carbons (Fsp3) is 0.154. The van der Waals surface area contributed by atoms with Crippen molar-refractivity contribution in [1.29, 1.82) is 0 Å². The monoisotopic (exact) mass is 378 g/mol. The van der Waals surface area contributed by atoms with Crippen LogP contribution in [0.2, 0.25) is 0 Å². The molecule has 0 spiro atoms. The Balaban J connectivity index is 1.67. The van der Waals surface area contributed by atoms with Crippen LogP contribution in [-0.4, -0.2) is 9.97 Å². The molecule has 0 unspecified atom stereocenters. The van der Waals surface area contributed by atoms with Crippen molar-refractivity contribution in [3.63, 3.8) is 0 Å². The van der Waals surface area contributed by atoms with Gasteiger partial charge in [0.1, 0.15) is 5.58 Å². The van der Waals surface area contributed by atoms with Crippen LogP contribution in [0.5, 0.6) is 0 Å². The van der Waals surface area contributed by atoms with Crippen molar-refractivity contribution in [1.82, 2.24) is 9.97 Å².